The van der Waals surface area contributed by atoms with Crippen molar-refractivity contribution in [3.63, 3.8) is 0 Å². The molecule has 19 heavy (non-hydrogen) atoms. The number of amides is 1. The number of carbonyl (C=O) groups is 1. The Labute approximate surface area is 113 Å². The van der Waals surface area contributed by atoms with Crippen molar-refractivity contribution in [2.24, 2.45) is 0 Å². The fourth-order valence-electron chi connectivity index (χ4n) is 1.66. The topological polar surface area (TPSA) is 83.5 Å². The minimum Gasteiger partial charge on any atom is -0.396 e. The zero-order chi connectivity index (χ0) is 14.5. The number of sulfone groups is 1. The van der Waals surface area contributed by atoms with Crippen molar-refractivity contribution in [2.75, 3.05) is 12.9 Å². The molecule has 0 bridgehead atoms. The van der Waals surface area contributed by atoms with E-state index in [1.807, 2.05) is 6.92 Å². The van der Waals surface area contributed by atoms with Gasteiger partial charge in [-0.25, -0.2) is 8.42 Å². The van der Waals surface area contributed by atoms with Crippen LogP contribution in [0.2, 0.25) is 0 Å². The molecule has 0 aliphatic carbocycles. The summed E-state index contributed by atoms with van der Waals surface area (Å²) in [5, 5.41) is 11.7. The molecule has 0 aliphatic heterocycles. The lowest BCUT2D eigenvalue weighted by Gasteiger charge is -2.15. The SMILES string of the molecule is CCC(CCO)NC(=O)c1ccc(S(C)(=O)=O)cc1. The van der Waals surface area contributed by atoms with Crippen molar-refractivity contribution in [1.29, 1.82) is 0 Å². The molecule has 0 aromatic heterocycles. The van der Waals surface area contributed by atoms with E-state index in [9.17, 15) is 13.2 Å². The highest BCUT2D eigenvalue weighted by molar-refractivity contribution is 7.90. The third-order valence-electron chi connectivity index (χ3n) is 2.85. The predicted octanol–water partition coefficient (Wildman–Crippen LogP) is 0.981. The maximum Gasteiger partial charge on any atom is 0.251 e. The summed E-state index contributed by atoms with van der Waals surface area (Å²) < 4.78 is 22.6. The molecule has 1 atom stereocenters. The molecule has 0 heterocycles. The van der Waals surface area contributed by atoms with E-state index in [-0.39, 0.29) is 23.5 Å². The van der Waals surface area contributed by atoms with Crippen molar-refractivity contribution in [3.8, 4) is 0 Å². The number of benzene rings is 1. The molecule has 1 aromatic rings. The minimum absolute atomic E-state index is 0.0196. The third kappa shape index (κ3) is 4.65. The first kappa shape index (κ1) is 15.7. The monoisotopic (exact) mass is 285 g/mol. The van der Waals surface area contributed by atoms with Gasteiger partial charge in [0, 0.05) is 24.5 Å². The van der Waals surface area contributed by atoms with Crippen LogP contribution in [0.5, 0.6) is 0 Å². The fraction of sp³-hybridized carbons (Fsp3) is 0.462. The van der Waals surface area contributed by atoms with Crippen LogP contribution in [0, 0.1) is 0 Å². The maximum atomic E-state index is 11.9. The van der Waals surface area contributed by atoms with E-state index < -0.39 is 9.84 Å². The summed E-state index contributed by atoms with van der Waals surface area (Å²) in [6.45, 7) is 1.94. The Balaban J connectivity index is 2.78. The molecule has 1 rings (SSSR count). The van der Waals surface area contributed by atoms with E-state index in [0.717, 1.165) is 12.7 Å². The molecule has 1 aromatic carbocycles. The zero-order valence-electron chi connectivity index (χ0n) is 11.1. The summed E-state index contributed by atoms with van der Waals surface area (Å²) in [6.07, 6.45) is 2.35. The Kier molecular flexibility index (Phi) is 5.50. The van der Waals surface area contributed by atoms with Gasteiger partial charge in [-0.05, 0) is 37.1 Å². The molecule has 0 fully saturated rings. The van der Waals surface area contributed by atoms with E-state index in [4.69, 9.17) is 5.11 Å². The number of hydrogen-bond acceptors (Lipinski definition) is 4. The number of carbonyl (C=O) groups excluding carboxylic acids is 1. The highest BCUT2D eigenvalue weighted by Crippen LogP contribution is 2.10. The first-order valence-corrected chi connectivity index (χ1v) is 7.99. The van der Waals surface area contributed by atoms with Crippen LogP contribution < -0.4 is 5.32 Å². The Hall–Kier alpha value is -1.40. The molecule has 0 spiro atoms. The van der Waals surface area contributed by atoms with Crippen molar-refractivity contribution >= 4 is 15.7 Å². The summed E-state index contributed by atoms with van der Waals surface area (Å²) in [4.78, 5) is 12.1. The molecule has 0 radical (unpaired) electrons. The van der Waals surface area contributed by atoms with Crippen molar-refractivity contribution in [2.45, 2.75) is 30.7 Å². The van der Waals surface area contributed by atoms with Gasteiger partial charge in [0.2, 0.25) is 0 Å². The molecule has 2 N–H and O–H groups in total. The van der Waals surface area contributed by atoms with E-state index in [0.29, 0.717) is 12.0 Å². The Morgan fingerprint density at radius 3 is 2.32 bits per heavy atom. The van der Waals surface area contributed by atoms with Gasteiger partial charge >= 0.3 is 0 Å². The molecule has 6 heteroatoms. The zero-order valence-corrected chi connectivity index (χ0v) is 11.9. The van der Waals surface area contributed by atoms with Gasteiger partial charge in [0.05, 0.1) is 4.90 Å². The summed E-state index contributed by atoms with van der Waals surface area (Å²) in [6, 6.07) is 5.72. The standard InChI is InChI=1S/C13H19NO4S/c1-3-11(8-9-15)14-13(16)10-4-6-12(7-5-10)19(2,17)18/h4-7,11,15H,3,8-9H2,1-2H3,(H,14,16). The van der Waals surface area contributed by atoms with Crippen LogP contribution in [0.1, 0.15) is 30.1 Å². The smallest absolute Gasteiger partial charge is 0.251 e. The van der Waals surface area contributed by atoms with Crippen LogP contribution in [-0.4, -0.2) is 38.3 Å². The normalized spacial score (nSPS) is 13.0. The van der Waals surface area contributed by atoms with Crippen LogP contribution in [-0.2, 0) is 9.84 Å². The van der Waals surface area contributed by atoms with E-state index in [1.54, 1.807) is 0 Å². The van der Waals surface area contributed by atoms with Gasteiger partial charge in [-0.1, -0.05) is 6.92 Å². The Morgan fingerprint density at radius 1 is 1.32 bits per heavy atom. The number of hydrogen-bond donors (Lipinski definition) is 2. The maximum absolute atomic E-state index is 11.9. The van der Waals surface area contributed by atoms with Gasteiger partial charge in [-0.2, -0.15) is 0 Å². The first-order valence-electron chi connectivity index (χ1n) is 6.10. The van der Waals surface area contributed by atoms with Crippen molar-refractivity contribution < 1.29 is 18.3 Å². The molecule has 0 saturated heterocycles. The largest absolute Gasteiger partial charge is 0.396 e. The van der Waals surface area contributed by atoms with Gasteiger partial charge < -0.3 is 10.4 Å². The first-order chi connectivity index (χ1) is 8.88. The predicted molar refractivity (Wildman–Crippen MR) is 72.8 cm³/mol. The average molecular weight is 285 g/mol. The van der Waals surface area contributed by atoms with Gasteiger partial charge in [-0.3, -0.25) is 4.79 Å². The molecule has 1 unspecified atom stereocenters. The summed E-state index contributed by atoms with van der Waals surface area (Å²) >= 11 is 0. The highest BCUT2D eigenvalue weighted by Gasteiger charge is 2.13. The van der Waals surface area contributed by atoms with Crippen molar-refractivity contribution in [1.82, 2.24) is 5.32 Å². The lowest BCUT2D eigenvalue weighted by atomic mass is 10.1. The van der Waals surface area contributed by atoms with E-state index in [2.05, 4.69) is 5.32 Å². The lowest BCUT2D eigenvalue weighted by molar-refractivity contribution is 0.0929. The number of aliphatic hydroxyl groups is 1. The number of aliphatic hydroxyl groups excluding tert-OH is 1. The van der Waals surface area contributed by atoms with Gasteiger partial charge in [0.1, 0.15) is 0 Å². The second-order valence-corrected chi connectivity index (χ2v) is 6.40. The fourth-order valence-corrected chi connectivity index (χ4v) is 2.29. The summed E-state index contributed by atoms with van der Waals surface area (Å²) in [5.74, 6) is -0.264. The van der Waals surface area contributed by atoms with Crippen LogP contribution in [0.3, 0.4) is 0 Å². The van der Waals surface area contributed by atoms with Crippen LogP contribution >= 0.6 is 0 Å². The Morgan fingerprint density at radius 2 is 1.89 bits per heavy atom. The van der Waals surface area contributed by atoms with Crippen molar-refractivity contribution in [3.05, 3.63) is 29.8 Å². The molecule has 1 amide bonds. The minimum atomic E-state index is -3.25. The summed E-state index contributed by atoms with van der Waals surface area (Å²) in [5.41, 5.74) is 0.406. The van der Waals surface area contributed by atoms with Crippen LogP contribution in [0.4, 0.5) is 0 Å². The molecular formula is C13H19NO4S. The molecule has 5 nitrogen and oxygen atoms in total. The highest BCUT2D eigenvalue weighted by atomic mass is 32.2. The number of nitrogens with one attached hydrogen (secondary N) is 1. The van der Waals surface area contributed by atoms with E-state index >= 15 is 0 Å². The molecular weight excluding hydrogens is 266 g/mol. The number of rotatable bonds is 6. The molecule has 106 valence electrons. The third-order valence-corrected chi connectivity index (χ3v) is 3.98. The second kappa shape index (κ2) is 6.68. The molecule has 0 saturated carbocycles. The van der Waals surface area contributed by atoms with Gasteiger partial charge in [0.15, 0.2) is 9.84 Å². The van der Waals surface area contributed by atoms with Crippen LogP contribution in [0.25, 0.3) is 0 Å². The van der Waals surface area contributed by atoms with Crippen LogP contribution in [0.15, 0.2) is 29.2 Å². The van der Waals surface area contributed by atoms with E-state index in [1.165, 1.54) is 24.3 Å². The molecule has 0 aliphatic rings. The average Bonchev–Trinajstić information content (AvgIpc) is 2.37. The Bertz CT molecular complexity index is 522. The quantitative estimate of drug-likeness (QED) is 0.816. The summed E-state index contributed by atoms with van der Waals surface area (Å²) in [7, 11) is -3.25. The second-order valence-electron chi connectivity index (χ2n) is 4.39. The van der Waals surface area contributed by atoms with Gasteiger partial charge in [-0.15, -0.1) is 0 Å². The lowest BCUT2D eigenvalue weighted by Crippen LogP contribution is -2.35. The van der Waals surface area contributed by atoms with Gasteiger partial charge in [0.25, 0.3) is 5.91 Å².